The standard InChI is InChI=1S/C18H21ClN2O6S/c1-11(18(22)20-13-6-8-14(25-2)16(10-13)27-4)21-28(23,24)17-9-12(19)5-7-15(17)26-3/h5-11,21H,1-4H3,(H,20,22)/t11-/m1/s1. The molecule has 0 aliphatic carbocycles. The first-order chi connectivity index (χ1) is 13.2. The van der Waals surface area contributed by atoms with Gasteiger partial charge in [-0.15, -0.1) is 0 Å². The van der Waals surface area contributed by atoms with Crippen LogP contribution in [0.2, 0.25) is 5.02 Å². The number of ether oxygens (including phenoxy) is 3. The van der Waals surface area contributed by atoms with E-state index in [4.69, 9.17) is 25.8 Å². The van der Waals surface area contributed by atoms with E-state index in [9.17, 15) is 13.2 Å². The van der Waals surface area contributed by atoms with Crippen molar-refractivity contribution in [3.8, 4) is 17.2 Å². The predicted molar refractivity (Wildman–Crippen MR) is 106 cm³/mol. The number of benzene rings is 2. The van der Waals surface area contributed by atoms with Crippen LogP contribution in [0, 0.1) is 0 Å². The highest BCUT2D eigenvalue weighted by Gasteiger charge is 2.25. The number of rotatable bonds is 8. The minimum absolute atomic E-state index is 0.115. The number of halogens is 1. The van der Waals surface area contributed by atoms with Crippen molar-refractivity contribution in [3.63, 3.8) is 0 Å². The Morgan fingerprint density at radius 1 is 0.964 bits per heavy atom. The number of sulfonamides is 1. The molecule has 2 N–H and O–H groups in total. The molecule has 2 rings (SSSR count). The molecule has 0 spiro atoms. The molecule has 152 valence electrons. The third-order valence-electron chi connectivity index (χ3n) is 3.79. The average Bonchev–Trinajstić information content (AvgIpc) is 2.67. The SMILES string of the molecule is COc1ccc(NC(=O)[C@@H](C)NS(=O)(=O)c2cc(Cl)ccc2OC)cc1OC. The van der Waals surface area contributed by atoms with Crippen molar-refractivity contribution in [1.82, 2.24) is 4.72 Å². The molecule has 0 aromatic heterocycles. The Balaban J connectivity index is 2.17. The van der Waals surface area contributed by atoms with Crippen LogP contribution >= 0.6 is 11.6 Å². The van der Waals surface area contributed by atoms with Gasteiger partial charge in [-0.05, 0) is 37.3 Å². The summed E-state index contributed by atoms with van der Waals surface area (Å²) in [6.07, 6.45) is 0. The number of carbonyl (C=O) groups is 1. The van der Waals surface area contributed by atoms with Gasteiger partial charge in [0.1, 0.15) is 10.6 Å². The molecule has 0 fully saturated rings. The maximum absolute atomic E-state index is 12.6. The van der Waals surface area contributed by atoms with Crippen LogP contribution in [0.15, 0.2) is 41.3 Å². The highest BCUT2D eigenvalue weighted by molar-refractivity contribution is 7.89. The molecule has 0 aliphatic rings. The molecule has 0 heterocycles. The molecule has 0 aliphatic heterocycles. The van der Waals surface area contributed by atoms with Crippen LogP contribution in [0.1, 0.15) is 6.92 Å². The number of hydrogen-bond acceptors (Lipinski definition) is 6. The quantitative estimate of drug-likeness (QED) is 0.670. The average molecular weight is 429 g/mol. The first kappa shape index (κ1) is 21.8. The molecule has 0 saturated carbocycles. The number of hydrogen-bond donors (Lipinski definition) is 2. The lowest BCUT2D eigenvalue weighted by Crippen LogP contribution is -2.41. The fraction of sp³-hybridized carbons (Fsp3) is 0.278. The van der Waals surface area contributed by atoms with Crippen molar-refractivity contribution in [2.45, 2.75) is 17.9 Å². The molecule has 0 bridgehead atoms. The highest BCUT2D eigenvalue weighted by atomic mass is 35.5. The molecule has 2 aromatic rings. The summed E-state index contributed by atoms with van der Waals surface area (Å²) in [5, 5.41) is 2.85. The van der Waals surface area contributed by atoms with Crippen LogP contribution in [0.4, 0.5) is 5.69 Å². The van der Waals surface area contributed by atoms with Gasteiger partial charge in [-0.25, -0.2) is 8.42 Å². The highest BCUT2D eigenvalue weighted by Crippen LogP contribution is 2.30. The lowest BCUT2D eigenvalue weighted by Gasteiger charge is -2.17. The fourth-order valence-corrected chi connectivity index (χ4v) is 4.01. The molecule has 0 saturated heterocycles. The maximum atomic E-state index is 12.6. The van der Waals surface area contributed by atoms with Gasteiger partial charge in [-0.1, -0.05) is 11.6 Å². The van der Waals surface area contributed by atoms with Crippen LogP contribution in [0.3, 0.4) is 0 Å². The van der Waals surface area contributed by atoms with Gasteiger partial charge in [0.15, 0.2) is 11.5 Å². The lowest BCUT2D eigenvalue weighted by atomic mass is 10.2. The first-order valence-corrected chi connectivity index (χ1v) is 9.96. The molecular formula is C18H21ClN2O6S. The Bertz CT molecular complexity index is 965. The third-order valence-corrected chi connectivity index (χ3v) is 5.59. The third kappa shape index (κ3) is 5.06. The van der Waals surface area contributed by atoms with E-state index in [1.807, 2.05) is 0 Å². The Hall–Kier alpha value is -2.49. The van der Waals surface area contributed by atoms with Gasteiger partial charge in [0, 0.05) is 16.8 Å². The Morgan fingerprint density at radius 3 is 2.18 bits per heavy atom. The van der Waals surface area contributed by atoms with E-state index >= 15 is 0 Å². The first-order valence-electron chi connectivity index (χ1n) is 8.10. The van der Waals surface area contributed by atoms with E-state index < -0.39 is 22.0 Å². The molecule has 1 atom stereocenters. The van der Waals surface area contributed by atoms with Crippen molar-refractivity contribution in [2.24, 2.45) is 0 Å². The van der Waals surface area contributed by atoms with E-state index in [0.29, 0.717) is 17.2 Å². The summed E-state index contributed by atoms with van der Waals surface area (Å²) in [5.74, 6) is 0.487. The van der Waals surface area contributed by atoms with Crippen molar-refractivity contribution in [2.75, 3.05) is 26.6 Å². The topological polar surface area (TPSA) is 103 Å². The maximum Gasteiger partial charge on any atom is 0.245 e. The van der Waals surface area contributed by atoms with Crippen LogP contribution in [-0.4, -0.2) is 41.7 Å². The van der Waals surface area contributed by atoms with Crippen molar-refractivity contribution >= 4 is 33.2 Å². The van der Waals surface area contributed by atoms with Gasteiger partial charge in [0.25, 0.3) is 0 Å². The van der Waals surface area contributed by atoms with Crippen LogP contribution in [0.5, 0.6) is 17.2 Å². The second-order valence-electron chi connectivity index (χ2n) is 5.70. The van der Waals surface area contributed by atoms with Crippen LogP contribution < -0.4 is 24.2 Å². The van der Waals surface area contributed by atoms with E-state index in [1.54, 1.807) is 18.2 Å². The smallest absolute Gasteiger partial charge is 0.245 e. The molecule has 1 amide bonds. The number of methoxy groups -OCH3 is 3. The van der Waals surface area contributed by atoms with Gasteiger partial charge >= 0.3 is 0 Å². The van der Waals surface area contributed by atoms with Crippen LogP contribution in [0.25, 0.3) is 0 Å². The number of amides is 1. The predicted octanol–water partition coefficient (Wildman–Crippen LogP) is 2.67. The van der Waals surface area contributed by atoms with Gasteiger partial charge in [-0.2, -0.15) is 4.72 Å². The normalized spacial score (nSPS) is 12.2. The van der Waals surface area contributed by atoms with E-state index in [-0.39, 0.29) is 15.7 Å². The summed E-state index contributed by atoms with van der Waals surface area (Å²) < 4.78 is 43.0. The lowest BCUT2D eigenvalue weighted by molar-refractivity contribution is -0.117. The summed E-state index contributed by atoms with van der Waals surface area (Å²) in [7, 11) is 0.260. The Kier molecular flexibility index (Phi) is 7.11. The molecule has 0 radical (unpaired) electrons. The molecular weight excluding hydrogens is 408 g/mol. The Labute approximate surface area is 168 Å². The zero-order valence-corrected chi connectivity index (χ0v) is 17.3. The fourth-order valence-electron chi connectivity index (χ4n) is 2.37. The minimum atomic E-state index is -4.05. The van der Waals surface area contributed by atoms with Gasteiger partial charge in [0.05, 0.1) is 27.4 Å². The zero-order valence-electron chi connectivity index (χ0n) is 15.8. The Morgan fingerprint density at radius 2 is 1.57 bits per heavy atom. The number of anilines is 1. The van der Waals surface area contributed by atoms with E-state index in [0.717, 1.165) is 0 Å². The monoisotopic (exact) mass is 428 g/mol. The van der Waals surface area contributed by atoms with Gasteiger partial charge in [0.2, 0.25) is 15.9 Å². The summed E-state index contributed by atoms with van der Waals surface area (Å²) in [6.45, 7) is 1.42. The largest absolute Gasteiger partial charge is 0.495 e. The summed E-state index contributed by atoms with van der Waals surface area (Å²) >= 11 is 5.89. The zero-order chi connectivity index (χ0) is 20.9. The minimum Gasteiger partial charge on any atom is -0.495 e. The molecule has 8 nitrogen and oxygen atoms in total. The van der Waals surface area contributed by atoms with Crippen LogP contribution in [-0.2, 0) is 14.8 Å². The van der Waals surface area contributed by atoms with Gasteiger partial charge < -0.3 is 19.5 Å². The molecule has 28 heavy (non-hydrogen) atoms. The second-order valence-corrected chi connectivity index (χ2v) is 7.82. The van der Waals surface area contributed by atoms with E-state index in [2.05, 4.69) is 10.0 Å². The summed E-state index contributed by atoms with van der Waals surface area (Å²) in [4.78, 5) is 12.3. The summed E-state index contributed by atoms with van der Waals surface area (Å²) in [5.41, 5.74) is 0.425. The second kappa shape index (κ2) is 9.13. The number of nitrogens with one attached hydrogen (secondary N) is 2. The van der Waals surface area contributed by atoms with E-state index in [1.165, 1.54) is 46.5 Å². The molecule has 10 heteroatoms. The molecule has 0 unspecified atom stereocenters. The molecule has 2 aromatic carbocycles. The number of carbonyl (C=O) groups excluding carboxylic acids is 1. The van der Waals surface area contributed by atoms with Crippen molar-refractivity contribution in [3.05, 3.63) is 41.4 Å². The van der Waals surface area contributed by atoms with Gasteiger partial charge in [-0.3, -0.25) is 4.79 Å². The van der Waals surface area contributed by atoms with Crippen molar-refractivity contribution < 1.29 is 27.4 Å². The summed E-state index contributed by atoms with van der Waals surface area (Å²) in [6, 6.07) is 7.93. The van der Waals surface area contributed by atoms with Crippen molar-refractivity contribution in [1.29, 1.82) is 0 Å².